The number of methoxy groups -OCH3 is 1. The van der Waals surface area contributed by atoms with Gasteiger partial charge in [-0.1, -0.05) is 30.3 Å². The van der Waals surface area contributed by atoms with E-state index in [0.29, 0.717) is 12.4 Å². The Balaban J connectivity index is -0.000000395. The van der Waals surface area contributed by atoms with Crippen LogP contribution in [0.4, 0.5) is 4.39 Å². The number of carbonyl (C=O) groups is 7. The third-order valence-electron chi connectivity index (χ3n) is 11.7. The molecule has 108 heavy (non-hydrogen) atoms. The number of esters is 1. The molecule has 0 heterocycles. The van der Waals surface area contributed by atoms with E-state index in [9.17, 15) is 88.5 Å². The smallest absolute Gasteiger partial charge is 0.321 e. The van der Waals surface area contributed by atoms with Crippen LogP contribution in [0.5, 0.6) is 0 Å². The Morgan fingerprint density at radius 3 is 0.917 bits per heavy atom. The van der Waals surface area contributed by atoms with Crippen LogP contribution in [0.25, 0.3) is 0 Å². The highest BCUT2D eigenvalue weighted by molar-refractivity contribution is 7.99. The molecule has 626 valence electrons. The first-order valence-electron chi connectivity index (χ1n) is 30.5. The quantitative estimate of drug-likeness (QED) is 0.0164. The number of hydrogen-bond acceptors (Lipinski definition) is 36. The summed E-state index contributed by atoms with van der Waals surface area (Å²) in [5.74, 6) is -14.4. The van der Waals surface area contributed by atoms with Crippen LogP contribution in [0.3, 0.4) is 0 Å². The number of amidine groups is 6. The number of halogens is 1. The molecule has 0 saturated heterocycles. The van der Waals surface area contributed by atoms with E-state index in [4.69, 9.17) is 107 Å². The number of carbonyl (C=O) groups excluding carboxylic acids is 1. The van der Waals surface area contributed by atoms with E-state index in [1.54, 1.807) is 0 Å². The number of nitrogens with two attached hydrogens (primary N) is 6. The first kappa shape index (κ1) is 109. The van der Waals surface area contributed by atoms with Gasteiger partial charge in [0.25, 0.3) is 0 Å². The van der Waals surface area contributed by atoms with Crippen LogP contribution in [0, 0.1) is 32.5 Å². The van der Waals surface area contributed by atoms with E-state index in [0.717, 1.165) is 5.56 Å². The predicted molar refractivity (Wildman–Crippen MR) is 396 cm³/mol. The van der Waals surface area contributed by atoms with Gasteiger partial charge in [0.05, 0.1) is 81.4 Å². The fraction of sp³-hybridized carbons (Fsp3) is 0.642. The third kappa shape index (κ3) is 67.3. The maximum atomic E-state index is 11.8. The first-order valence-corrected chi connectivity index (χ1v) is 42.8. The number of alkyl halides is 1. The standard InChI is InChI=1S/C14H21N3O5S.C9H17N3O6S.C8H17N3O5S.C8H17N3O4S2.C7H14FN3O4S.C7H15N3O5S/c15-12(14(18)19)10-23(20,21)7-6-17-13(16)9-22-8-11-4-2-1-3-5-11;1-6(13)18-4-8(11)12-2-3-19(16,17)5-7(10)9(14)15;2*1-16-4-7(10)11-2-3-17(14,15)5-6(9)8(12)13;8-3-6(10)11-1-2-16(14,15)4-5(9)7(12)13;8-5(7(12)13)4-16(14,15)2-1-10-6(9)3-11/h1-5,12H,6-10,15H2,(H2,16,17)(H,18,19);7H,2-5,10H2,1H3,(H2,11,12)(H,14,15);2*6H,2-5,9H2,1H3,(H2,10,11)(H,12,13);5H,1-4,9H2,(H2,10,11)(H,12,13);5,11H,1-4,8H2,(H2,9,10)(H,12,13). The highest BCUT2D eigenvalue weighted by Gasteiger charge is 2.26. The molecule has 0 saturated carbocycles. The van der Waals surface area contributed by atoms with Crippen molar-refractivity contribution in [1.82, 2.24) is 31.9 Å². The summed E-state index contributed by atoms with van der Waals surface area (Å²) in [6, 6.07) is 0.828. The minimum atomic E-state index is -3.63. The van der Waals surface area contributed by atoms with Gasteiger partial charge in [-0.2, -0.15) is 11.8 Å². The molecule has 1 aromatic rings. The number of carboxylic acids is 6. The van der Waals surface area contributed by atoms with Crippen molar-refractivity contribution in [2.45, 2.75) is 49.8 Å². The summed E-state index contributed by atoms with van der Waals surface area (Å²) in [4.78, 5) is 72.9. The molecule has 0 aromatic heterocycles. The number of aliphatic hydroxyl groups is 1. The van der Waals surface area contributed by atoms with Gasteiger partial charge in [0, 0.05) is 53.3 Å². The first-order chi connectivity index (χ1) is 49.6. The molecule has 0 fully saturated rings. The molecule has 55 heteroatoms. The summed E-state index contributed by atoms with van der Waals surface area (Å²) in [7, 11) is -20.0. The average molecular weight is 1700 g/mol. The molecular formula is C53H101FN18O29S7. The fourth-order valence-electron chi connectivity index (χ4n) is 6.33. The second-order valence-electron chi connectivity index (χ2n) is 21.7. The maximum absolute atomic E-state index is 11.8. The van der Waals surface area contributed by atoms with Gasteiger partial charge in [-0.15, -0.1) is 0 Å². The molecule has 1 aromatic carbocycles. The summed E-state index contributed by atoms with van der Waals surface area (Å²) in [5, 5.41) is 118. The van der Waals surface area contributed by atoms with Crippen LogP contribution in [-0.4, -0.2) is 360 Å². The number of ether oxygens (including phenoxy) is 3. The van der Waals surface area contributed by atoms with Gasteiger partial charge < -0.3 is 116 Å². The maximum Gasteiger partial charge on any atom is 0.321 e. The molecule has 0 amide bonds. The topological polar surface area (TPSA) is 865 Å². The number of aliphatic carboxylic acids is 6. The van der Waals surface area contributed by atoms with Crippen molar-refractivity contribution in [2.75, 3.05) is 161 Å². The molecule has 0 aliphatic rings. The molecule has 6 atom stereocenters. The zero-order chi connectivity index (χ0) is 84.8. The molecule has 0 bridgehead atoms. The van der Waals surface area contributed by atoms with E-state index < -0.39 is 196 Å². The Morgan fingerprint density at radius 1 is 0.426 bits per heavy atom. The predicted octanol–water partition coefficient (Wildman–Crippen LogP) is -9.97. The summed E-state index contributed by atoms with van der Waals surface area (Å²) < 4.78 is 163. The highest BCUT2D eigenvalue weighted by atomic mass is 32.2. The Kier molecular flexibility index (Phi) is 58.3. The van der Waals surface area contributed by atoms with Gasteiger partial charge in [-0.25, -0.2) is 54.9 Å². The average Bonchev–Trinajstić information content (AvgIpc) is 0.955. The van der Waals surface area contributed by atoms with Crippen LogP contribution in [-0.2, 0) is 113 Å². The minimum absolute atomic E-state index is 0.00219. The highest BCUT2D eigenvalue weighted by Crippen LogP contribution is 2.02. The lowest BCUT2D eigenvalue weighted by molar-refractivity contribution is -0.140. The van der Waals surface area contributed by atoms with Crippen molar-refractivity contribution in [3.63, 3.8) is 0 Å². The van der Waals surface area contributed by atoms with E-state index >= 15 is 0 Å². The molecule has 0 radical (unpaired) electrons. The monoisotopic (exact) mass is 1700 g/mol. The Bertz CT molecular complexity index is 3600. The van der Waals surface area contributed by atoms with Gasteiger partial charge >= 0.3 is 41.8 Å². The number of hydrogen-bond donors (Lipinski definition) is 25. The number of sulfone groups is 6. The molecule has 47 nitrogen and oxygen atoms in total. The second-order valence-corrected chi connectivity index (χ2v) is 35.9. The number of carboxylic acid groups (broad SMARTS) is 6. The van der Waals surface area contributed by atoms with Crippen molar-refractivity contribution in [3.05, 3.63) is 35.9 Å². The van der Waals surface area contributed by atoms with Crippen molar-refractivity contribution in [3.8, 4) is 0 Å². The second kappa shape index (κ2) is 58.0. The largest absolute Gasteiger partial charge is 0.480 e. The molecular weight excluding hydrogens is 1600 g/mol. The molecule has 0 spiro atoms. The third-order valence-corrected chi connectivity index (χ3v) is 22.4. The Labute approximate surface area is 627 Å². The van der Waals surface area contributed by atoms with Gasteiger partial charge in [0.1, 0.15) is 104 Å². The zero-order valence-electron chi connectivity index (χ0n) is 58.8. The lowest BCUT2D eigenvalue weighted by Gasteiger charge is -2.10. The zero-order valence-corrected chi connectivity index (χ0v) is 64.6. The van der Waals surface area contributed by atoms with E-state index in [2.05, 4.69) is 41.4 Å². The summed E-state index contributed by atoms with van der Waals surface area (Å²) in [6.45, 7) is -0.319. The van der Waals surface area contributed by atoms with Crippen molar-refractivity contribution >= 4 is 148 Å². The van der Waals surface area contributed by atoms with Gasteiger partial charge in [-0.05, 0) is 11.8 Å². The van der Waals surface area contributed by atoms with Crippen LogP contribution in [0.1, 0.15) is 12.5 Å². The number of rotatable bonds is 48. The molecule has 1 rings (SSSR count). The molecule has 0 aliphatic carbocycles. The van der Waals surface area contributed by atoms with Crippen LogP contribution < -0.4 is 66.3 Å². The van der Waals surface area contributed by atoms with Crippen LogP contribution >= 0.6 is 11.8 Å². The van der Waals surface area contributed by atoms with E-state index in [-0.39, 0.29) is 117 Å². The lowest BCUT2D eigenvalue weighted by Crippen LogP contribution is -2.40. The fourth-order valence-corrected chi connectivity index (χ4v) is 14.3. The summed E-state index contributed by atoms with van der Waals surface area (Å²) in [5.41, 5.74) is 31.7. The van der Waals surface area contributed by atoms with Crippen molar-refractivity contribution in [2.24, 2.45) is 34.4 Å². The van der Waals surface area contributed by atoms with Crippen molar-refractivity contribution in [1.29, 1.82) is 32.5 Å². The minimum Gasteiger partial charge on any atom is -0.480 e. The Morgan fingerprint density at radius 2 is 0.676 bits per heavy atom. The van der Waals surface area contributed by atoms with Crippen LogP contribution in [0.15, 0.2) is 30.3 Å². The lowest BCUT2D eigenvalue weighted by atomic mass is 10.2. The molecule has 31 N–H and O–H groups in total. The summed E-state index contributed by atoms with van der Waals surface area (Å²) in [6.07, 6.45) is 1.83. The van der Waals surface area contributed by atoms with E-state index in [1.807, 2.05) is 36.6 Å². The SMILES string of the molecule is CC(=O)OCC(=N)NCCS(=O)(=O)CC(N)C(=O)O.COCC(=N)NCCS(=O)(=O)CC(N)C(=O)O.CSCC(=N)NCCS(=O)(=O)CC(N)C(=O)O.N=C(CF)NCCS(=O)(=O)CC(N)C(=O)O.N=C(CO)NCCS(=O)(=O)CC(N)C(=O)O.N=C(COCc1ccccc1)NCCS(=O)(=O)CC(N)C(=O)O. The normalized spacial score (nSPS) is 12.9. The van der Waals surface area contributed by atoms with Gasteiger partial charge in [-0.3, -0.25) is 66.0 Å². The van der Waals surface area contributed by atoms with Crippen molar-refractivity contribution < 1.29 is 138 Å². The molecule has 6 unspecified atom stereocenters. The Hall–Kier alpha value is -8.05. The number of benzene rings is 1. The van der Waals surface area contributed by atoms with Gasteiger partial charge in [0.2, 0.25) is 0 Å². The number of aliphatic hydroxyl groups excluding tert-OH is 1. The van der Waals surface area contributed by atoms with E-state index in [1.165, 1.54) is 25.8 Å². The van der Waals surface area contributed by atoms with Gasteiger partial charge in [0.15, 0.2) is 59.0 Å². The summed E-state index contributed by atoms with van der Waals surface area (Å²) >= 11 is 1.45. The number of thioether (sulfide) groups is 1. The molecule has 0 aliphatic heterocycles. The van der Waals surface area contributed by atoms with Crippen LogP contribution in [0.2, 0.25) is 0 Å². The number of nitrogens with one attached hydrogen (secondary N) is 12.